The van der Waals surface area contributed by atoms with Crippen LogP contribution in [0.5, 0.6) is 0 Å². The third kappa shape index (κ3) is 2.69. The van der Waals surface area contributed by atoms with Crippen LogP contribution in [0.15, 0.2) is 12.5 Å². The first kappa shape index (κ1) is 13.5. The van der Waals surface area contributed by atoms with Gasteiger partial charge in [-0.1, -0.05) is 13.3 Å². The Bertz CT molecular complexity index is 488. The van der Waals surface area contributed by atoms with E-state index in [0.717, 1.165) is 42.8 Å². The molecule has 2 saturated carbocycles. The SMILES string of the molecule is CCc1ncncc1C(=O)NCCC1CC2CCC1C2. The maximum Gasteiger partial charge on any atom is 0.254 e. The second-order valence-corrected chi connectivity index (χ2v) is 6.22. The molecule has 2 aliphatic rings. The molecule has 1 aromatic rings. The lowest BCUT2D eigenvalue weighted by molar-refractivity contribution is 0.0948. The molecule has 0 radical (unpaired) electrons. The van der Waals surface area contributed by atoms with Gasteiger partial charge in [0.25, 0.3) is 5.91 Å². The van der Waals surface area contributed by atoms with Gasteiger partial charge in [-0.15, -0.1) is 0 Å². The number of amides is 1. The van der Waals surface area contributed by atoms with Crippen molar-refractivity contribution in [3.8, 4) is 0 Å². The van der Waals surface area contributed by atoms with Crippen LogP contribution in [0, 0.1) is 17.8 Å². The molecule has 3 atom stereocenters. The molecule has 0 aliphatic heterocycles. The summed E-state index contributed by atoms with van der Waals surface area (Å²) < 4.78 is 0. The number of hydrogen-bond acceptors (Lipinski definition) is 3. The highest BCUT2D eigenvalue weighted by Gasteiger charge is 2.38. The number of nitrogens with zero attached hydrogens (tertiary/aromatic N) is 2. The largest absolute Gasteiger partial charge is 0.352 e. The van der Waals surface area contributed by atoms with Crippen LogP contribution in [-0.4, -0.2) is 22.4 Å². The molecule has 1 N–H and O–H groups in total. The van der Waals surface area contributed by atoms with E-state index in [1.807, 2.05) is 6.92 Å². The van der Waals surface area contributed by atoms with Gasteiger partial charge in [0.05, 0.1) is 11.3 Å². The maximum atomic E-state index is 12.2. The van der Waals surface area contributed by atoms with Crippen molar-refractivity contribution in [2.24, 2.45) is 17.8 Å². The van der Waals surface area contributed by atoms with Crippen molar-refractivity contribution >= 4 is 5.91 Å². The van der Waals surface area contributed by atoms with Gasteiger partial charge in [0.2, 0.25) is 0 Å². The van der Waals surface area contributed by atoms with Crippen LogP contribution < -0.4 is 5.32 Å². The third-order valence-electron chi connectivity index (χ3n) is 5.06. The minimum absolute atomic E-state index is 0.0226. The van der Waals surface area contributed by atoms with Crippen LogP contribution >= 0.6 is 0 Å². The average molecular weight is 273 g/mol. The monoisotopic (exact) mass is 273 g/mol. The fraction of sp³-hybridized carbons (Fsp3) is 0.688. The normalized spacial score (nSPS) is 27.8. The van der Waals surface area contributed by atoms with E-state index in [-0.39, 0.29) is 5.91 Å². The fourth-order valence-electron chi connectivity index (χ4n) is 4.02. The number of aryl methyl sites for hydroxylation is 1. The highest BCUT2D eigenvalue weighted by molar-refractivity contribution is 5.94. The zero-order valence-corrected chi connectivity index (χ0v) is 12.1. The van der Waals surface area contributed by atoms with Gasteiger partial charge in [-0.05, 0) is 49.9 Å². The Balaban J connectivity index is 1.50. The highest BCUT2D eigenvalue weighted by atomic mass is 16.1. The molecular formula is C16H23N3O. The summed E-state index contributed by atoms with van der Waals surface area (Å²) in [6.07, 6.45) is 10.7. The molecule has 2 bridgehead atoms. The van der Waals surface area contributed by atoms with E-state index < -0.39 is 0 Å². The minimum atomic E-state index is -0.0226. The Labute approximate surface area is 120 Å². The predicted molar refractivity (Wildman–Crippen MR) is 77.3 cm³/mol. The van der Waals surface area contributed by atoms with Crippen LogP contribution in [-0.2, 0) is 6.42 Å². The lowest BCUT2D eigenvalue weighted by Crippen LogP contribution is -2.28. The topological polar surface area (TPSA) is 54.9 Å². The standard InChI is InChI=1S/C16H23N3O/c1-2-15-14(9-17-10-19-15)16(20)18-6-5-13-8-11-3-4-12(13)7-11/h9-13H,2-8H2,1H3,(H,18,20). The zero-order chi connectivity index (χ0) is 13.9. The molecule has 4 nitrogen and oxygen atoms in total. The number of fused-ring (bicyclic) bond motifs is 2. The van der Waals surface area contributed by atoms with Gasteiger partial charge < -0.3 is 5.32 Å². The molecule has 1 heterocycles. The van der Waals surface area contributed by atoms with E-state index in [1.54, 1.807) is 6.20 Å². The van der Waals surface area contributed by atoms with Gasteiger partial charge >= 0.3 is 0 Å². The molecule has 1 amide bonds. The number of aromatic nitrogens is 2. The smallest absolute Gasteiger partial charge is 0.254 e. The lowest BCUT2D eigenvalue weighted by Gasteiger charge is -2.21. The molecular weight excluding hydrogens is 250 g/mol. The Hall–Kier alpha value is -1.45. The average Bonchev–Trinajstić information content (AvgIpc) is 3.09. The molecule has 0 spiro atoms. The van der Waals surface area contributed by atoms with Crippen molar-refractivity contribution in [3.05, 3.63) is 23.8 Å². The molecule has 0 saturated heterocycles. The molecule has 0 aromatic carbocycles. The molecule has 3 unspecified atom stereocenters. The summed E-state index contributed by atoms with van der Waals surface area (Å²) in [5.74, 6) is 2.73. The van der Waals surface area contributed by atoms with Crippen molar-refractivity contribution in [2.45, 2.75) is 45.4 Å². The molecule has 4 heteroatoms. The number of nitrogens with one attached hydrogen (secondary N) is 1. The second-order valence-electron chi connectivity index (χ2n) is 6.22. The van der Waals surface area contributed by atoms with Gasteiger partial charge in [0.15, 0.2) is 0 Å². The van der Waals surface area contributed by atoms with Crippen LogP contribution in [0.3, 0.4) is 0 Å². The van der Waals surface area contributed by atoms with Gasteiger partial charge in [0, 0.05) is 12.7 Å². The summed E-state index contributed by atoms with van der Waals surface area (Å²) in [6, 6.07) is 0. The summed E-state index contributed by atoms with van der Waals surface area (Å²) in [6.45, 7) is 2.79. The van der Waals surface area contributed by atoms with E-state index in [0.29, 0.717) is 5.56 Å². The second kappa shape index (κ2) is 5.90. The quantitative estimate of drug-likeness (QED) is 0.897. The molecule has 2 fully saturated rings. The van der Waals surface area contributed by atoms with Gasteiger partial charge in [-0.3, -0.25) is 4.79 Å². The maximum absolute atomic E-state index is 12.2. The predicted octanol–water partition coefficient (Wildman–Crippen LogP) is 2.60. The van der Waals surface area contributed by atoms with Gasteiger partial charge in [-0.2, -0.15) is 0 Å². The third-order valence-corrected chi connectivity index (χ3v) is 5.06. The van der Waals surface area contributed by atoms with Crippen molar-refractivity contribution < 1.29 is 4.79 Å². The summed E-state index contributed by atoms with van der Waals surface area (Å²) in [4.78, 5) is 20.3. The Morgan fingerprint density at radius 3 is 3.00 bits per heavy atom. The Kier molecular flexibility index (Phi) is 3.99. The first-order chi connectivity index (χ1) is 9.78. The van der Waals surface area contributed by atoms with Crippen LogP contribution in [0.25, 0.3) is 0 Å². The van der Waals surface area contributed by atoms with E-state index in [2.05, 4.69) is 15.3 Å². The number of hydrogen-bond donors (Lipinski definition) is 1. The Morgan fingerprint density at radius 1 is 1.40 bits per heavy atom. The summed E-state index contributed by atoms with van der Waals surface area (Å²) in [7, 11) is 0. The summed E-state index contributed by atoms with van der Waals surface area (Å²) in [5.41, 5.74) is 1.46. The van der Waals surface area contributed by atoms with E-state index in [9.17, 15) is 4.79 Å². The molecule has 1 aromatic heterocycles. The summed E-state index contributed by atoms with van der Waals surface area (Å²) in [5, 5.41) is 3.04. The number of carbonyl (C=O) groups excluding carboxylic acids is 1. The van der Waals surface area contributed by atoms with E-state index >= 15 is 0 Å². The minimum Gasteiger partial charge on any atom is -0.352 e. The van der Waals surface area contributed by atoms with Crippen molar-refractivity contribution in [1.82, 2.24) is 15.3 Å². The zero-order valence-electron chi connectivity index (χ0n) is 12.1. The molecule has 20 heavy (non-hydrogen) atoms. The first-order valence-electron chi connectivity index (χ1n) is 7.85. The Morgan fingerprint density at radius 2 is 2.30 bits per heavy atom. The number of rotatable bonds is 5. The van der Waals surface area contributed by atoms with Gasteiger partial charge in [-0.25, -0.2) is 9.97 Å². The van der Waals surface area contributed by atoms with Crippen LogP contribution in [0.4, 0.5) is 0 Å². The van der Waals surface area contributed by atoms with Crippen molar-refractivity contribution in [3.63, 3.8) is 0 Å². The lowest BCUT2D eigenvalue weighted by atomic mass is 9.86. The highest BCUT2D eigenvalue weighted by Crippen LogP contribution is 2.49. The van der Waals surface area contributed by atoms with Crippen molar-refractivity contribution in [2.75, 3.05) is 6.54 Å². The fourth-order valence-corrected chi connectivity index (χ4v) is 4.02. The van der Waals surface area contributed by atoms with Crippen molar-refractivity contribution in [1.29, 1.82) is 0 Å². The summed E-state index contributed by atoms with van der Waals surface area (Å²) >= 11 is 0. The van der Waals surface area contributed by atoms with E-state index in [4.69, 9.17) is 0 Å². The first-order valence-corrected chi connectivity index (χ1v) is 7.85. The molecule has 3 rings (SSSR count). The molecule has 2 aliphatic carbocycles. The number of carbonyl (C=O) groups is 1. The molecule has 108 valence electrons. The van der Waals surface area contributed by atoms with E-state index in [1.165, 1.54) is 32.0 Å². The van der Waals surface area contributed by atoms with Crippen LogP contribution in [0.1, 0.15) is 55.1 Å². The van der Waals surface area contributed by atoms with Gasteiger partial charge in [0.1, 0.15) is 6.33 Å². The van der Waals surface area contributed by atoms with Crippen LogP contribution in [0.2, 0.25) is 0 Å².